The molecule has 1 heterocycles. The maximum Gasteiger partial charge on any atom is 0.416 e. The van der Waals surface area contributed by atoms with Gasteiger partial charge in [0.1, 0.15) is 5.75 Å². The van der Waals surface area contributed by atoms with E-state index in [1.807, 2.05) is 24.0 Å². The predicted octanol–water partition coefficient (Wildman–Crippen LogP) is 4.26. The zero-order valence-corrected chi connectivity index (χ0v) is 16.3. The van der Waals surface area contributed by atoms with Gasteiger partial charge in [0, 0.05) is 13.1 Å². The van der Waals surface area contributed by atoms with Gasteiger partial charge in [-0.1, -0.05) is 17.7 Å². The highest BCUT2D eigenvalue weighted by molar-refractivity contribution is 5.97. The quantitative estimate of drug-likeness (QED) is 0.804. The maximum atomic E-state index is 13.2. The number of hydrogen-bond acceptors (Lipinski definition) is 4. The average Bonchev–Trinajstić information content (AvgIpc) is 2.69. The third kappa shape index (κ3) is 5.41. The Morgan fingerprint density at radius 1 is 1.14 bits per heavy atom. The summed E-state index contributed by atoms with van der Waals surface area (Å²) in [7, 11) is 0. The Kier molecular flexibility index (Phi) is 6.32. The topological polar surface area (TPSA) is 50.8 Å². The molecule has 0 aliphatic carbocycles. The molecule has 0 aromatic heterocycles. The second-order valence-corrected chi connectivity index (χ2v) is 6.89. The van der Waals surface area contributed by atoms with Crippen LogP contribution in [0.1, 0.15) is 18.1 Å². The van der Waals surface area contributed by atoms with Crippen LogP contribution in [0.25, 0.3) is 0 Å². The Hall–Kier alpha value is -2.74. The van der Waals surface area contributed by atoms with Crippen molar-refractivity contribution in [1.82, 2.24) is 0 Å². The molecule has 1 saturated heterocycles. The van der Waals surface area contributed by atoms with E-state index in [4.69, 9.17) is 9.47 Å². The summed E-state index contributed by atoms with van der Waals surface area (Å²) in [6, 6.07) is 10.5. The summed E-state index contributed by atoms with van der Waals surface area (Å²) in [5, 5.41) is 2.61. The highest BCUT2D eigenvalue weighted by atomic mass is 19.4. The monoisotopic (exact) mass is 408 g/mol. The number of halogens is 3. The van der Waals surface area contributed by atoms with Gasteiger partial charge in [-0.3, -0.25) is 4.79 Å². The van der Waals surface area contributed by atoms with Crippen molar-refractivity contribution < 1.29 is 27.4 Å². The molecule has 1 atom stereocenters. The van der Waals surface area contributed by atoms with E-state index in [0.29, 0.717) is 37.7 Å². The van der Waals surface area contributed by atoms with E-state index in [0.717, 1.165) is 17.7 Å². The normalized spacial score (nSPS) is 15.7. The van der Waals surface area contributed by atoms with E-state index in [2.05, 4.69) is 5.32 Å². The fourth-order valence-electron chi connectivity index (χ4n) is 3.00. The van der Waals surface area contributed by atoms with Crippen LogP contribution in [-0.2, 0) is 15.7 Å². The fraction of sp³-hybridized carbons (Fsp3) is 0.381. The highest BCUT2D eigenvalue weighted by Crippen LogP contribution is 2.36. The number of aryl methyl sites for hydroxylation is 1. The summed E-state index contributed by atoms with van der Waals surface area (Å²) in [6.07, 6.45) is -5.39. The third-order valence-corrected chi connectivity index (χ3v) is 4.64. The number of hydrogen-bond donors (Lipinski definition) is 1. The van der Waals surface area contributed by atoms with Gasteiger partial charge >= 0.3 is 6.18 Å². The van der Waals surface area contributed by atoms with Gasteiger partial charge in [-0.05, 0) is 44.2 Å². The van der Waals surface area contributed by atoms with E-state index in [9.17, 15) is 18.0 Å². The summed E-state index contributed by atoms with van der Waals surface area (Å²) in [4.78, 5) is 14.5. The van der Waals surface area contributed by atoms with E-state index < -0.39 is 23.8 Å². The summed E-state index contributed by atoms with van der Waals surface area (Å²) in [5.41, 5.74) is 0.855. The van der Waals surface area contributed by atoms with Crippen LogP contribution in [0, 0.1) is 6.92 Å². The molecule has 1 N–H and O–H groups in total. The van der Waals surface area contributed by atoms with Gasteiger partial charge in [0.25, 0.3) is 5.91 Å². The molecule has 2 aromatic rings. The number of anilines is 2. The minimum atomic E-state index is -4.51. The van der Waals surface area contributed by atoms with Crippen LogP contribution >= 0.6 is 0 Å². The molecular weight excluding hydrogens is 385 g/mol. The Morgan fingerprint density at radius 2 is 1.79 bits per heavy atom. The standard InChI is InChI=1S/C21H23F3N2O3/c1-14-3-6-17(7-4-14)29-15(2)20(27)25-18-13-16(21(22,23)24)5-8-19(18)26-9-11-28-12-10-26/h3-8,13,15H,9-12H2,1-2H3,(H,25,27)/t15-/m1/s1. The Morgan fingerprint density at radius 3 is 2.41 bits per heavy atom. The molecule has 2 aromatic carbocycles. The molecule has 1 amide bonds. The largest absolute Gasteiger partial charge is 0.481 e. The van der Waals surface area contributed by atoms with Crippen LogP contribution < -0.4 is 15.0 Å². The second kappa shape index (κ2) is 8.73. The van der Waals surface area contributed by atoms with Crippen molar-refractivity contribution in [3.8, 4) is 5.75 Å². The SMILES string of the molecule is Cc1ccc(O[C@H](C)C(=O)Nc2cc(C(F)(F)F)ccc2N2CCOCC2)cc1. The van der Waals surface area contributed by atoms with E-state index >= 15 is 0 Å². The van der Waals surface area contributed by atoms with Gasteiger partial charge in [-0.2, -0.15) is 13.2 Å². The number of amides is 1. The molecule has 0 saturated carbocycles. The molecule has 0 spiro atoms. The average molecular weight is 408 g/mol. The Labute approximate surface area is 167 Å². The first-order chi connectivity index (χ1) is 13.7. The molecule has 0 bridgehead atoms. The molecule has 8 heteroatoms. The van der Waals surface area contributed by atoms with Crippen molar-refractivity contribution in [1.29, 1.82) is 0 Å². The zero-order chi connectivity index (χ0) is 21.0. The van der Waals surface area contributed by atoms with Gasteiger partial charge < -0.3 is 19.7 Å². The lowest BCUT2D eigenvalue weighted by Gasteiger charge is -2.31. The number of carbonyl (C=O) groups is 1. The lowest BCUT2D eigenvalue weighted by molar-refractivity contribution is -0.137. The number of carbonyl (C=O) groups excluding carboxylic acids is 1. The molecule has 3 rings (SSSR count). The summed E-state index contributed by atoms with van der Waals surface area (Å²) >= 11 is 0. The number of alkyl halides is 3. The molecule has 29 heavy (non-hydrogen) atoms. The van der Waals surface area contributed by atoms with Crippen molar-refractivity contribution in [2.75, 3.05) is 36.5 Å². The summed E-state index contributed by atoms with van der Waals surface area (Å²) in [5.74, 6) is -0.0184. The Bertz CT molecular complexity index is 847. The predicted molar refractivity (Wildman–Crippen MR) is 104 cm³/mol. The van der Waals surface area contributed by atoms with Crippen LogP contribution in [0.15, 0.2) is 42.5 Å². The van der Waals surface area contributed by atoms with Crippen LogP contribution in [-0.4, -0.2) is 38.3 Å². The van der Waals surface area contributed by atoms with Crippen LogP contribution in [0.3, 0.4) is 0 Å². The molecule has 156 valence electrons. The number of rotatable bonds is 5. The molecule has 0 radical (unpaired) electrons. The first-order valence-corrected chi connectivity index (χ1v) is 9.32. The second-order valence-electron chi connectivity index (χ2n) is 6.89. The highest BCUT2D eigenvalue weighted by Gasteiger charge is 2.32. The van der Waals surface area contributed by atoms with Crippen molar-refractivity contribution in [3.63, 3.8) is 0 Å². The Balaban J connectivity index is 1.80. The van der Waals surface area contributed by atoms with Crippen molar-refractivity contribution >= 4 is 17.3 Å². The van der Waals surface area contributed by atoms with E-state index in [1.165, 1.54) is 6.07 Å². The number of ether oxygens (including phenoxy) is 2. The number of benzene rings is 2. The fourth-order valence-corrected chi connectivity index (χ4v) is 3.00. The van der Waals surface area contributed by atoms with E-state index in [1.54, 1.807) is 19.1 Å². The van der Waals surface area contributed by atoms with Crippen LogP contribution in [0.2, 0.25) is 0 Å². The van der Waals surface area contributed by atoms with Crippen LogP contribution in [0.5, 0.6) is 5.75 Å². The minimum Gasteiger partial charge on any atom is -0.481 e. The summed E-state index contributed by atoms with van der Waals surface area (Å²) < 4.78 is 50.5. The van der Waals surface area contributed by atoms with Gasteiger partial charge in [0.2, 0.25) is 0 Å². The molecule has 1 aliphatic rings. The van der Waals surface area contributed by atoms with Crippen molar-refractivity contribution in [2.24, 2.45) is 0 Å². The van der Waals surface area contributed by atoms with Crippen LogP contribution in [0.4, 0.5) is 24.5 Å². The smallest absolute Gasteiger partial charge is 0.416 e. The molecular formula is C21H23F3N2O3. The number of nitrogens with one attached hydrogen (secondary N) is 1. The van der Waals surface area contributed by atoms with Gasteiger partial charge in [0.05, 0.1) is 30.2 Å². The lowest BCUT2D eigenvalue weighted by Crippen LogP contribution is -2.37. The molecule has 5 nitrogen and oxygen atoms in total. The van der Waals surface area contributed by atoms with Gasteiger partial charge in [0.15, 0.2) is 6.10 Å². The van der Waals surface area contributed by atoms with Gasteiger partial charge in [-0.25, -0.2) is 0 Å². The van der Waals surface area contributed by atoms with Crippen molar-refractivity contribution in [3.05, 3.63) is 53.6 Å². The number of morpholine rings is 1. The minimum absolute atomic E-state index is 0.103. The molecule has 1 aliphatic heterocycles. The molecule has 0 unspecified atom stereocenters. The first-order valence-electron chi connectivity index (χ1n) is 9.32. The number of nitrogens with zero attached hydrogens (tertiary/aromatic N) is 1. The first kappa shape index (κ1) is 21.0. The maximum absolute atomic E-state index is 13.2. The zero-order valence-electron chi connectivity index (χ0n) is 16.3. The van der Waals surface area contributed by atoms with Crippen molar-refractivity contribution in [2.45, 2.75) is 26.1 Å². The third-order valence-electron chi connectivity index (χ3n) is 4.64. The molecule has 1 fully saturated rings. The summed E-state index contributed by atoms with van der Waals surface area (Å²) in [6.45, 7) is 5.49. The van der Waals surface area contributed by atoms with E-state index in [-0.39, 0.29) is 5.69 Å². The van der Waals surface area contributed by atoms with Gasteiger partial charge in [-0.15, -0.1) is 0 Å². The lowest BCUT2D eigenvalue weighted by atomic mass is 10.1.